The van der Waals surface area contributed by atoms with E-state index in [1.165, 1.54) is 6.07 Å². The molecular formula is C9H11ClO2. The molecule has 1 aromatic rings. The fraction of sp³-hybridized carbons (Fsp3) is 0.333. The van der Waals surface area contributed by atoms with Crippen molar-refractivity contribution in [2.75, 3.05) is 0 Å². The molecule has 2 N–H and O–H groups in total. The first-order valence-electron chi connectivity index (χ1n) is 3.75. The molecule has 1 rings (SSSR count). The Morgan fingerprint density at radius 2 is 2.17 bits per heavy atom. The molecule has 0 saturated carbocycles. The molecule has 0 fully saturated rings. The Morgan fingerprint density at radius 1 is 1.50 bits per heavy atom. The van der Waals surface area contributed by atoms with Crippen LogP contribution in [-0.2, 0) is 6.42 Å². The van der Waals surface area contributed by atoms with Gasteiger partial charge in [0.25, 0.3) is 0 Å². The van der Waals surface area contributed by atoms with Gasteiger partial charge in [-0.05, 0) is 31.0 Å². The van der Waals surface area contributed by atoms with Crippen LogP contribution in [0.3, 0.4) is 0 Å². The number of rotatable bonds is 2. The summed E-state index contributed by atoms with van der Waals surface area (Å²) in [7, 11) is 0. The lowest BCUT2D eigenvalue weighted by Gasteiger charge is -2.06. The van der Waals surface area contributed by atoms with Gasteiger partial charge in [0.1, 0.15) is 5.75 Å². The van der Waals surface area contributed by atoms with Crippen molar-refractivity contribution in [2.45, 2.75) is 19.4 Å². The Morgan fingerprint density at radius 3 is 2.67 bits per heavy atom. The maximum absolute atomic E-state index is 9.08. The summed E-state index contributed by atoms with van der Waals surface area (Å²) in [4.78, 5) is 0. The highest BCUT2D eigenvalue weighted by molar-refractivity contribution is 6.31. The molecular weight excluding hydrogens is 176 g/mol. The van der Waals surface area contributed by atoms with Gasteiger partial charge in [-0.1, -0.05) is 17.7 Å². The number of phenols is 1. The van der Waals surface area contributed by atoms with Gasteiger partial charge in [0.15, 0.2) is 0 Å². The minimum Gasteiger partial charge on any atom is -0.508 e. The fourth-order valence-corrected chi connectivity index (χ4v) is 1.27. The van der Waals surface area contributed by atoms with E-state index < -0.39 is 6.10 Å². The molecule has 0 spiro atoms. The monoisotopic (exact) mass is 186 g/mol. The lowest BCUT2D eigenvalue weighted by atomic mass is 10.1. The van der Waals surface area contributed by atoms with E-state index in [0.29, 0.717) is 11.4 Å². The number of benzene rings is 1. The van der Waals surface area contributed by atoms with E-state index in [-0.39, 0.29) is 5.75 Å². The van der Waals surface area contributed by atoms with Crippen LogP contribution in [0.4, 0.5) is 0 Å². The van der Waals surface area contributed by atoms with Crippen molar-refractivity contribution in [3.8, 4) is 5.75 Å². The summed E-state index contributed by atoms with van der Waals surface area (Å²) in [5.41, 5.74) is 0.851. The van der Waals surface area contributed by atoms with Crippen molar-refractivity contribution < 1.29 is 10.2 Å². The number of phenolic OH excluding ortho intramolecular Hbond substituents is 1. The van der Waals surface area contributed by atoms with Crippen LogP contribution in [-0.4, -0.2) is 16.3 Å². The lowest BCUT2D eigenvalue weighted by molar-refractivity contribution is 0.195. The average Bonchev–Trinajstić information content (AvgIpc) is 1.94. The van der Waals surface area contributed by atoms with Gasteiger partial charge in [-0.25, -0.2) is 0 Å². The van der Waals surface area contributed by atoms with Crippen LogP contribution in [0.5, 0.6) is 5.75 Å². The van der Waals surface area contributed by atoms with E-state index >= 15 is 0 Å². The first-order valence-corrected chi connectivity index (χ1v) is 4.13. The molecule has 3 heteroatoms. The highest BCUT2D eigenvalue weighted by Crippen LogP contribution is 2.22. The van der Waals surface area contributed by atoms with Crippen LogP contribution < -0.4 is 0 Å². The third-order valence-corrected chi connectivity index (χ3v) is 1.90. The van der Waals surface area contributed by atoms with Crippen molar-refractivity contribution in [3.05, 3.63) is 28.8 Å². The minimum absolute atomic E-state index is 0.148. The molecule has 0 bridgehead atoms. The predicted molar refractivity (Wildman–Crippen MR) is 48.5 cm³/mol. The first-order chi connectivity index (χ1) is 5.59. The van der Waals surface area contributed by atoms with Gasteiger partial charge in [-0.2, -0.15) is 0 Å². The quantitative estimate of drug-likeness (QED) is 0.742. The van der Waals surface area contributed by atoms with Crippen LogP contribution >= 0.6 is 11.6 Å². The molecule has 0 saturated heterocycles. The second-order valence-corrected chi connectivity index (χ2v) is 3.24. The lowest BCUT2D eigenvalue weighted by Crippen LogP contribution is -2.04. The maximum atomic E-state index is 9.08. The third-order valence-electron chi connectivity index (χ3n) is 1.55. The summed E-state index contributed by atoms with van der Waals surface area (Å²) < 4.78 is 0. The largest absolute Gasteiger partial charge is 0.508 e. The first kappa shape index (κ1) is 9.36. The van der Waals surface area contributed by atoms with E-state index in [4.69, 9.17) is 21.8 Å². The number of aliphatic hydroxyl groups excluding tert-OH is 1. The van der Waals surface area contributed by atoms with E-state index in [9.17, 15) is 0 Å². The number of aliphatic hydroxyl groups is 1. The molecule has 2 nitrogen and oxygen atoms in total. The van der Waals surface area contributed by atoms with Crippen molar-refractivity contribution >= 4 is 11.6 Å². The van der Waals surface area contributed by atoms with Gasteiger partial charge in [-0.3, -0.25) is 0 Å². The summed E-state index contributed by atoms with van der Waals surface area (Å²) in [6.45, 7) is 1.70. The van der Waals surface area contributed by atoms with E-state index in [1.807, 2.05) is 0 Å². The van der Waals surface area contributed by atoms with Gasteiger partial charge in [-0.15, -0.1) is 0 Å². The summed E-state index contributed by atoms with van der Waals surface area (Å²) in [6.07, 6.45) is 0.103. The van der Waals surface area contributed by atoms with Crippen LogP contribution in [0.15, 0.2) is 18.2 Å². The van der Waals surface area contributed by atoms with Crippen molar-refractivity contribution in [1.82, 2.24) is 0 Å². The van der Waals surface area contributed by atoms with Gasteiger partial charge >= 0.3 is 0 Å². The van der Waals surface area contributed by atoms with E-state index in [2.05, 4.69) is 0 Å². The van der Waals surface area contributed by atoms with E-state index in [1.54, 1.807) is 19.1 Å². The Bertz CT molecular complexity index is 271. The predicted octanol–water partition coefficient (Wildman–Crippen LogP) is 1.97. The second kappa shape index (κ2) is 3.78. The molecule has 12 heavy (non-hydrogen) atoms. The van der Waals surface area contributed by atoms with Gasteiger partial charge < -0.3 is 10.2 Å². The normalized spacial score (nSPS) is 12.9. The van der Waals surface area contributed by atoms with E-state index in [0.717, 1.165) is 5.56 Å². The van der Waals surface area contributed by atoms with Gasteiger partial charge in [0.05, 0.1) is 6.10 Å². The molecule has 1 atom stereocenters. The summed E-state index contributed by atoms with van der Waals surface area (Å²) >= 11 is 5.80. The van der Waals surface area contributed by atoms with Crippen LogP contribution in [0.2, 0.25) is 5.02 Å². The van der Waals surface area contributed by atoms with Crippen molar-refractivity contribution in [3.63, 3.8) is 0 Å². The van der Waals surface area contributed by atoms with Crippen molar-refractivity contribution in [1.29, 1.82) is 0 Å². The summed E-state index contributed by atoms with van der Waals surface area (Å²) in [6, 6.07) is 4.74. The Kier molecular flexibility index (Phi) is 2.95. The Hall–Kier alpha value is -0.730. The topological polar surface area (TPSA) is 40.5 Å². The standard InChI is InChI=1S/C9H11ClO2/c1-6(11)4-7-2-3-8(12)5-9(7)10/h2-3,5-6,11-12H,4H2,1H3/t6-/m1/s1. The van der Waals surface area contributed by atoms with Crippen LogP contribution in [0.25, 0.3) is 0 Å². The third kappa shape index (κ3) is 2.40. The number of aromatic hydroxyl groups is 1. The fourth-order valence-electron chi connectivity index (χ4n) is 1.02. The molecule has 66 valence electrons. The molecule has 0 radical (unpaired) electrons. The SMILES string of the molecule is C[C@@H](O)Cc1ccc(O)cc1Cl. The second-order valence-electron chi connectivity index (χ2n) is 2.83. The molecule has 0 aliphatic heterocycles. The maximum Gasteiger partial charge on any atom is 0.117 e. The Balaban J connectivity index is 2.86. The molecule has 0 aliphatic carbocycles. The molecule has 0 unspecified atom stereocenters. The zero-order valence-electron chi connectivity index (χ0n) is 6.79. The average molecular weight is 187 g/mol. The number of halogens is 1. The zero-order valence-corrected chi connectivity index (χ0v) is 7.54. The van der Waals surface area contributed by atoms with Crippen LogP contribution in [0.1, 0.15) is 12.5 Å². The smallest absolute Gasteiger partial charge is 0.117 e. The summed E-state index contributed by atoms with van der Waals surface area (Å²) in [5, 5.41) is 18.6. The van der Waals surface area contributed by atoms with Gasteiger partial charge in [0.2, 0.25) is 0 Å². The molecule has 0 heterocycles. The Labute approximate surface area is 76.4 Å². The number of hydrogen-bond acceptors (Lipinski definition) is 2. The highest BCUT2D eigenvalue weighted by Gasteiger charge is 2.04. The molecule has 1 aromatic carbocycles. The van der Waals surface area contributed by atoms with Crippen molar-refractivity contribution in [2.24, 2.45) is 0 Å². The number of hydrogen-bond donors (Lipinski definition) is 2. The minimum atomic E-state index is -0.410. The van der Waals surface area contributed by atoms with Gasteiger partial charge in [0, 0.05) is 5.02 Å². The molecule has 0 aromatic heterocycles. The highest BCUT2D eigenvalue weighted by atomic mass is 35.5. The molecule has 0 aliphatic rings. The molecule has 0 amide bonds. The summed E-state index contributed by atoms with van der Waals surface area (Å²) in [5.74, 6) is 0.148. The zero-order chi connectivity index (χ0) is 9.14. The van der Waals surface area contributed by atoms with Crippen LogP contribution in [0, 0.1) is 0 Å².